The summed E-state index contributed by atoms with van der Waals surface area (Å²) >= 11 is 12.1. The van der Waals surface area contributed by atoms with E-state index in [4.69, 9.17) is 32.7 Å². The smallest absolute Gasteiger partial charge is 0.178 e. The molecule has 4 aromatic rings. The second kappa shape index (κ2) is 5.20. The van der Waals surface area contributed by atoms with E-state index >= 15 is 0 Å². The molecule has 0 saturated heterocycles. The van der Waals surface area contributed by atoms with Gasteiger partial charge in [0, 0.05) is 21.9 Å². The molecule has 0 N–H and O–H groups in total. The lowest BCUT2D eigenvalue weighted by Gasteiger charge is -2.21. The minimum absolute atomic E-state index is 0.334. The molecular formula is C19H12Cl2N2O. The van der Waals surface area contributed by atoms with Crippen molar-refractivity contribution >= 4 is 45.1 Å². The van der Waals surface area contributed by atoms with E-state index in [1.54, 1.807) is 0 Å². The molecule has 0 aliphatic heterocycles. The Balaban J connectivity index is 1.69. The van der Waals surface area contributed by atoms with Crippen LogP contribution in [0.1, 0.15) is 22.9 Å². The molecule has 5 rings (SSSR count). The average molecular weight is 355 g/mol. The number of hydrogen-bond donors (Lipinski definition) is 0. The highest BCUT2D eigenvalue weighted by Crippen LogP contribution is 2.39. The molecule has 24 heavy (non-hydrogen) atoms. The Labute approximate surface area is 148 Å². The van der Waals surface area contributed by atoms with E-state index in [9.17, 15) is 0 Å². The fourth-order valence-electron chi connectivity index (χ4n) is 3.59. The number of pyridine rings is 1. The van der Waals surface area contributed by atoms with E-state index in [1.165, 1.54) is 5.56 Å². The first-order chi connectivity index (χ1) is 11.7. The molecule has 1 aliphatic rings. The Morgan fingerprint density at radius 3 is 2.50 bits per heavy atom. The van der Waals surface area contributed by atoms with Crippen LogP contribution in [0.2, 0.25) is 10.0 Å². The summed E-state index contributed by atoms with van der Waals surface area (Å²) in [6.45, 7) is 0. The summed E-state index contributed by atoms with van der Waals surface area (Å²) in [5.74, 6) is 0.334. The highest BCUT2D eigenvalue weighted by atomic mass is 35.5. The van der Waals surface area contributed by atoms with Crippen molar-refractivity contribution in [1.29, 1.82) is 0 Å². The topological polar surface area (TPSA) is 38.9 Å². The summed E-state index contributed by atoms with van der Waals surface area (Å²) in [6.07, 6.45) is 1.71. The highest BCUT2D eigenvalue weighted by Gasteiger charge is 2.28. The predicted molar refractivity (Wildman–Crippen MR) is 95.9 cm³/mol. The summed E-state index contributed by atoms with van der Waals surface area (Å²) in [4.78, 5) is 4.86. The van der Waals surface area contributed by atoms with Crippen LogP contribution in [0.25, 0.3) is 21.9 Å². The van der Waals surface area contributed by atoms with E-state index < -0.39 is 0 Å². The van der Waals surface area contributed by atoms with Gasteiger partial charge in [-0.2, -0.15) is 0 Å². The molecule has 118 valence electrons. The van der Waals surface area contributed by atoms with Gasteiger partial charge in [-0.05, 0) is 48.2 Å². The molecule has 0 bridgehead atoms. The maximum Gasteiger partial charge on any atom is 0.178 e. The van der Waals surface area contributed by atoms with Crippen molar-refractivity contribution in [2.45, 2.75) is 18.8 Å². The number of nitrogens with zero attached hydrogens (tertiary/aromatic N) is 2. The van der Waals surface area contributed by atoms with Crippen LogP contribution in [0.4, 0.5) is 0 Å². The quantitative estimate of drug-likeness (QED) is 0.448. The van der Waals surface area contributed by atoms with Crippen LogP contribution in [0.15, 0.2) is 47.0 Å². The standard InChI is InChI=1S/C19H12Cl2N2O/c20-12-3-1-10(2-4-12)11-7-16-18-17(8-11)23-24-19(18)14-9-13(21)5-6-15(14)22-16/h1-6,9,11H,7-8H2. The van der Waals surface area contributed by atoms with Gasteiger partial charge in [0.1, 0.15) is 0 Å². The van der Waals surface area contributed by atoms with Gasteiger partial charge in [-0.1, -0.05) is 40.5 Å². The molecule has 2 aromatic carbocycles. The Hall–Kier alpha value is -2.10. The Morgan fingerprint density at radius 1 is 0.917 bits per heavy atom. The van der Waals surface area contributed by atoms with Crippen molar-refractivity contribution in [2.24, 2.45) is 0 Å². The number of rotatable bonds is 1. The summed E-state index contributed by atoms with van der Waals surface area (Å²) in [5, 5.41) is 7.71. The predicted octanol–water partition coefficient (Wildman–Crippen LogP) is 5.57. The van der Waals surface area contributed by atoms with Gasteiger partial charge in [-0.15, -0.1) is 0 Å². The number of hydrogen-bond acceptors (Lipinski definition) is 3. The van der Waals surface area contributed by atoms with E-state index in [1.807, 2.05) is 30.3 Å². The third-order valence-corrected chi connectivity index (χ3v) is 5.22. The fourth-order valence-corrected chi connectivity index (χ4v) is 3.89. The highest BCUT2D eigenvalue weighted by molar-refractivity contribution is 6.31. The zero-order chi connectivity index (χ0) is 16.3. The second-order valence-corrected chi connectivity index (χ2v) is 7.08. The van der Waals surface area contributed by atoms with Gasteiger partial charge in [0.25, 0.3) is 0 Å². The van der Waals surface area contributed by atoms with Crippen molar-refractivity contribution in [3.05, 3.63) is 69.5 Å². The first-order valence-corrected chi connectivity index (χ1v) is 8.56. The van der Waals surface area contributed by atoms with Gasteiger partial charge < -0.3 is 4.52 Å². The molecule has 0 spiro atoms. The molecule has 0 fully saturated rings. The lowest BCUT2D eigenvalue weighted by Crippen LogP contribution is -2.13. The summed E-state index contributed by atoms with van der Waals surface area (Å²) < 4.78 is 5.66. The lowest BCUT2D eigenvalue weighted by atomic mass is 9.84. The maximum atomic E-state index is 6.13. The van der Waals surface area contributed by atoms with E-state index in [0.717, 1.165) is 51.1 Å². The van der Waals surface area contributed by atoms with Crippen LogP contribution in [0.5, 0.6) is 0 Å². The normalized spacial score (nSPS) is 16.8. The van der Waals surface area contributed by atoms with Crippen molar-refractivity contribution in [1.82, 2.24) is 10.1 Å². The molecule has 0 radical (unpaired) electrons. The third-order valence-electron chi connectivity index (χ3n) is 4.73. The molecule has 1 unspecified atom stereocenters. The van der Waals surface area contributed by atoms with E-state index in [2.05, 4.69) is 17.3 Å². The van der Waals surface area contributed by atoms with E-state index in [0.29, 0.717) is 10.9 Å². The van der Waals surface area contributed by atoms with Gasteiger partial charge in [-0.3, -0.25) is 4.98 Å². The van der Waals surface area contributed by atoms with Gasteiger partial charge in [-0.25, -0.2) is 0 Å². The van der Waals surface area contributed by atoms with Gasteiger partial charge in [0.15, 0.2) is 5.58 Å². The zero-order valence-electron chi connectivity index (χ0n) is 12.6. The van der Waals surface area contributed by atoms with Gasteiger partial charge in [0.05, 0.1) is 22.3 Å². The molecule has 3 nitrogen and oxygen atoms in total. The zero-order valence-corrected chi connectivity index (χ0v) is 14.1. The summed E-state index contributed by atoms with van der Waals surface area (Å²) in [5.41, 5.74) is 4.95. The van der Waals surface area contributed by atoms with Crippen molar-refractivity contribution in [2.75, 3.05) is 0 Å². The van der Waals surface area contributed by atoms with Gasteiger partial charge >= 0.3 is 0 Å². The van der Waals surface area contributed by atoms with Crippen LogP contribution in [-0.2, 0) is 12.8 Å². The molecule has 2 heterocycles. The Morgan fingerprint density at radius 2 is 1.67 bits per heavy atom. The lowest BCUT2D eigenvalue weighted by molar-refractivity contribution is 0.444. The third kappa shape index (κ3) is 2.12. The summed E-state index contributed by atoms with van der Waals surface area (Å²) in [6, 6.07) is 13.7. The molecule has 5 heteroatoms. The molecule has 0 amide bonds. The first kappa shape index (κ1) is 14.3. The minimum atomic E-state index is 0.334. The average Bonchev–Trinajstić information content (AvgIpc) is 3.01. The maximum absolute atomic E-state index is 6.13. The van der Waals surface area contributed by atoms with Crippen LogP contribution < -0.4 is 0 Å². The van der Waals surface area contributed by atoms with Crippen LogP contribution in [-0.4, -0.2) is 10.1 Å². The number of aromatic nitrogens is 2. The van der Waals surface area contributed by atoms with E-state index in [-0.39, 0.29) is 0 Å². The van der Waals surface area contributed by atoms with Crippen molar-refractivity contribution in [3.63, 3.8) is 0 Å². The number of benzene rings is 2. The molecular weight excluding hydrogens is 343 g/mol. The molecule has 0 saturated carbocycles. The summed E-state index contributed by atoms with van der Waals surface area (Å²) in [7, 11) is 0. The van der Waals surface area contributed by atoms with Crippen LogP contribution in [0, 0.1) is 0 Å². The Kier molecular flexibility index (Phi) is 3.09. The monoisotopic (exact) mass is 354 g/mol. The molecule has 2 aromatic heterocycles. The largest absolute Gasteiger partial charge is 0.355 e. The van der Waals surface area contributed by atoms with Crippen LogP contribution >= 0.6 is 23.2 Å². The van der Waals surface area contributed by atoms with Crippen molar-refractivity contribution < 1.29 is 4.52 Å². The van der Waals surface area contributed by atoms with Crippen LogP contribution in [0.3, 0.4) is 0 Å². The van der Waals surface area contributed by atoms with Crippen molar-refractivity contribution in [3.8, 4) is 0 Å². The Bertz CT molecular complexity index is 1090. The molecule has 1 aliphatic carbocycles. The number of fused-ring (bicyclic) bond motifs is 2. The first-order valence-electron chi connectivity index (χ1n) is 7.81. The number of halogens is 2. The SMILES string of the molecule is Clc1ccc(C2Cc3noc4c3c(nc3ccc(Cl)cc34)C2)cc1. The molecule has 1 atom stereocenters. The minimum Gasteiger partial charge on any atom is -0.355 e. The fraction of sp³-hybridized carbons (Fsp3) is 0.158. The van der Waals surface area contributed by atoms with Gasteiger partial charge in [0.2, 0.25) is 0 Å². The second-order valence-electron chi connectivity index (χ2n) is 6.21.